The second-order valence-corrected chi connectivity index (χ2v) is 6.22. The molecule has 17 heavy (non-hydrogen) atoms. The van der Waals surface area contributed by atoms with Crippen LogP contribution in [-0.4, -0.2) is 22.1 Å². The third-order valence-corrected chi connectivity index (χ3v) is 5.31. The fourth-order valence-electron chi connectivity index (χ4n) is 1.27. The van der Waals surface area contributed by atoms with Crippen molar-refractivity contribution in [2.24, 2.45) is 0 Å². The summed E-state index contributed by atoms with van der Waals surface area (Å²) in [6.45, 7) is 2.00. The van der Waals surface area contributed by atoms with Gasteiger partial charge in [-0.1, -0.05) is 59.9 Å². The van der Waals surface area contributed by atoms with Gasteiger partial charge in [0.05, 0.1) is 12.0 Å². The molecule has 1 amide bonds. The van der Waals surface area contributed by atoms with E-state index in [0.29, 0.717) is 6.42 Å². The second kappa shape index (κ2) is 6.90. The summed E-state index contributed by atoms with van der Waals surface area (Å²) in [6.07, 6.45) is 0.406. The fourth-order valence-corrected chi connectivity index (χ4v) is 2.74. The highest BCUT2D eigenvalue weighted by molar-refractivity contribution is 9.10. The minimum absolute atomic E-state index is 0.0359. The minimum atomic E-state index is -0.244. The molecule has 0 saturated carbocycles. The molecule has 2 nitrogen and oxygen atoms in total. The van der Waals surface area contributed by atoms with Crippen molar-refractivity contribution in [1.29, 1.82) is 0 Å². The Balaban J connectivity index is 2.58. The Kier molecular flexibility index (Phi) is 6.17. The Hall–Kier alpha value is 0.130. The van der Waals surface area contributed by atoms with E-state index in [0.717, 1.165) is 20.7 Å². The third-order valence-electron chi connectivity index (χ3n) is 2.31. The Labute approximate surface area is 127 Å². The van der Waals surface area contributed by atoms with Gasteiger partial charge in [-0.2, -0.15) is 0 Å². The summed E-state index contributed by atoms with van der Waals surface area (Å²) in [5.74, 6) is 0.0359. The molecule has 1 aromatic rings. The van der Waals surface area contributed by atoms with Crippen LogP contribution in [0.15, 0.2) is 28.7 Å². The van der Waals surface area contributed by atoms with Gasteiger partial charge in [0.1, 0.15) is 0 Å². The summed E-state index contributed by atoms with van der Waals surface area (Å²) in [4.78, 5) is 11.9. The van der Waals surface area contributed by atoms with Gasteiger partial charge in [-0.25, -0.2) is 0 Å². The smallest absolute Gasteiger partial charge is 0.224 e. The predicted octanol–water partition coefficient (Wildman–Crippen LogP) is 3.66. The largest absolute Gasteiger partial charge is 0.349 e. The molecule has 0 unspecified atom stereocenters. The standard InChI is InChI=1S/C12H14Br3NO/c1-12(7-13,8-14)16-11(17)6-9-2-4-10(15)5-3-9/h2-5H,6-8H2,1H3,(H,16,17). The van der Waals surface area contributed by atoms with E-state index in [9.17, 15) is 4.79 Å². The van der Waals surface area contributed by atoms with Gasteiger partial charge in [0.2, 0.25) is 5.91 Å². The van der Waals surface area contributed by atoms with Crippen LogP contribution >= 0.6 is 47.8 Å². The van der Waals surface area contributed by atoms with Crippen LogP contribution in [0.3, 0.4) is 0 Å². The highest BCUT2D eigenvalue weighted by atomic mass is 79.9. The zero-order valence-corrected chi connectivity index (χ0v) is 14.2. The molecule has 0 heterocycles. The second-order valence-electron chi connectivity index (χ2n) is 4.18. The number of alkyl halides is 2. The normalized spacial score (nSPS) is 11.3. The van der Waals surface area contributed by atoms with Crippen molar-refractivity contribution in [2.45, 2.75) is 18.9 Å². The first kappa shape index (κ1) is 15.2. The van der Waals surface area contributed by atoms with E-state index in [1.807, 2.05) is 31.2 Å². The van der Waals surface area contributed by atoms with Crippen molar-refractivity contribution in [2.75, 3.05) is 10.7 Å². The average Bonchev–Trinajstić information content (AvgIpc) is 2.32. The van der Waals surface area contributed by atoms with Crippen LogP contribution in [0.5, 0.6) is 0 Å². The molecule has 1 aromatic carbocycles. The lowest BCUT2D eigenvalue weighted by atomic mass is 10.1. The van der Waals surface area contributed by atoms with E-state index in [1.54, 1.807) is 0 Å². The van der Waals surface area contributed by atoms with Gasteiger partial charge in [-0.05, 0) is 24.6 Å². The van der Waals surface area contributed by atoms with Crippen molar-refractivity contribution >= 4 is 53.7 Å². The summed E-state index contributed by atoms with van der Waals surface area (Å²) < 4.78 is 1.02. The molecular formula is C12H14Br3NO. The summed E-state index contributed by atoms with van der Waals surface area (Å²) in [6, 6.07) is 7.78. The molecule has 0 aromatic heterocycles. The highest BCUT2D eigenvalue weighted by Crippen LogP contribution is 2.13. The van der Waals surface area contributed by atoms with E-state index in [2.05, 4.69) is 53.1 Å². The first-order valence-corrected chi connectivity index (χ1v) is 8.20. The van der Waals surface area contributed by atoms with Crippen LogP contribution in [0.2, 0.25) is 0 Å². The topological polar surface area (TPSA) is 29.1 Å². The number of rotatable bonds is 5. The Morgan fingerprint density at radius 2 is 1.76 bits per heavy atom. The molecule has 5 heteroatoms. The van der Waals surface area contributed by atoms with Gasteiger partial charge in [0.15, 0.2) is 0 Å². The lowest BCUT2D eigenvalue weighted by molar-refractivity contribution is -0.121. The van der Waals surface area contributed by atoms with Crippen molar-refractivity contribution in [3.8, 4) is 0 Å². The first-order chi connectivity index (χ1) is 7.99. The maximum absolute atomic E-state index is 11.9. The molecule has 0 aliphatic carbocycles. The number of benzene rings is 1. The van der Waals surface area contributed by atoms with E-state index in [-0.39, 0.29) is 11.4 Å². The summed E-state index contributed by atoms with van der Waals surface area (Å²) in [5.41, 5.74) is 0.768. The number of halogens is 3. The zero-order valence-electron chi connectivity index (χ0n) is 9.47. The van der Waals surface area contributed by atoms with Gasteiger partial charge in [0, 0.05) is 15.1 Å². The fraction of sp³-hybridized carbons (Fsp3) is 0.417. The number of carbonyl (C=O) groups is 1. The lowest BCUT2D eigenvalue weighted by Gasteiger charge is -2.26. The predicted molar refractivity (Wildman–Crippen MR) is 82.0 cm³/mol. The molecule has 1 rings (SSSR count). The summed E-state index contributed by atoms with van der Waals surface area (Å²) in [5, 5.41) is 4.45. The number of hydrogen-bond donors (Lipinski definition) is 1. The SMILES string of the molecule is CC(CBr)(CBr)NC(=O)Cc1ccc(Br)cc1. The van der Waals surface area contributed by atoms with Crippen LogP contribution in [0.4, 0.5) is 0 Å². The van der Waals surface area contributed by atoms with Crippen LogP contribution in [0, 0.1) is 0 Å². The number of hydrogen-bond acceptors (Lipinski definition) is 1. The third kappa shape index (κ3) is 5.10. The van der Waals surface area contributed by atoms with Crippen LogP contribution in [-0.2, 0) is 11.2 Å². The molecule has 0 aliphatic rings. The summed E-state index contributed by atoms with van der Waals surface area (Å²) >= 11 is 10.2. The number of nitrogens with one attached hydrogen (secondary N) is 1. The highest BCUT2D eigenvalue weighted by Gasteiger charge is 2.23. The Morgan fingerprint density at radius 3 is 2.24 bits per heavy atom. The molecule has 0 aliphatic heterocycles. The van der Waals surface area contributed by atoms with Gasteiger partial charge >= 0.3 is 0 Å². The average molecular weight is 428 g/mol. The monoisotopic (exact) mass is 425 g/mol. The molecule has 0 saturated heterocycles. The molecule has 0 bridgehead atoms. The lowest BCUT2D eigenvalue weighted by Crippen LogP contribution is -2.49. The van der Waals surface area contributed by atoms with E-state index in [1.165, 1.54) is 0 Å². The van der Waals surface area contributed by atoms with Gasteiger partial charge < -0.3 is 5.32 Å². The maximum atomic E-state index is 11.9. The first-order valence-electron chi connectivity index (χ1n) is 5.16. The van der Waals surface area contributed by atoms with Crippen molar-refractivity contribution in [3.05, 3.63) is 34.3 Å². The molecule has 0 radical (unpaired) electrons. The van der Waals surface area contributed by atoms with Crippen molar-refractivity contribution in [3.63, 3.8) is 0 Å². The van der Waals surface area contributed by atoms with Gasteiger partial charge in [-0.3, -0.25) is 4.79 Å². The minimum Gasteiger partial charge on any atom is -0.349 e. The molecule has 94 valence electrons. The van der Waals surface area contributed by atoms with Crippen molar-refractivity contribution < 1.29 is 4.79 Å². The molecular weight excluding hydrogens is 414 g/mol. The quantitative estimate of drug-likeness (QED) is 0.714. The van der Waals surface area contributed by atoms with E-state index in [4.69, 9.17) is 0 Å². The molecule has 1 N–H and O–H groups in total. The number of amides is 1. The zero-order chi connectivity index (χ0) is 12.9. The van der Waals surface area contributed by atoms with Crippen LogP contribution in [0.1, 0.15) is 12.5 Å². The number of carbonyl (C=O) groups excluding carboxylic acids is 1. The summed E-state index contributed by atoms with van der Waals surface area (Å²) in [7, 11) is 0. The van der Waals surface area contributed by atoms with Gasteiger partial charge in [-0.15, -0.1) is 0 Å². The maximum Gasteiger partial charge on any atom is 0.224 e. The van der Waals surface area contributed by atoms with Crippen LogP contribution < -0.4 is 5.32 Å². The molecule has 0 fully saturated rings. The Morgan fingerprint density at radius 1 is 1.24 bits per heavy atom. The molecule has 0 atom stereocenters. The molecule has 0 spiro atoms. The van der Waals surface area contributed by atoms with E-state index < -0.39 is 0 Å². The van der Waals surface area contributed by atoms with Gasteiger partial charge in [0.25, 0.3) is 0 Å². The van der Waals surface area contributed by atoms with Crippen LogP contribution in [0.25, 0.3) is 0 Å². The van der Waals surface area contributed by atoms with E-state index >= 15 is 0 Å². The Bertz CT molecular complexity index is 374. The van der Waals surface area contributed by atoms with Crippen molar-refractivity contribution in [1.82, 2.24) is 5.32 Å².